The molecule has 2 aromatic rings. The molecule has 0 saturated carbocycles. The molecule has 2 rings (SSSR count). The number of nitrogens with zero attached hydrogens (tertiary/aromatic N) is 4. The van der Waals surface area contributed by atoms with Crippen molar-refractivity contribution in [2.75, 3.05) is 11.4 Å². The van der Waals surface area contributed by atoms with Gasteiger partial charge < -0.3 is 10.6 Å². The first-order valence-electron chi connectivity index (χ1n) is 6.89. The number of hydrogen-bond donors (Lipinski definition) is 1. The smallest absolute Gasteiger partial charge is 0.225 e. The van der Waals surface area contributed by atoms with Gasteiger partial charge in [-0.1, -0.05) is 0 Å². The summed E-state index contributed by atoms with van der Waals surface area (Å²) >= 11 is 0. The van der Waals surface area contributed by atoms with Gasteiger partial charge in [0.15, 0.2) is 0 Å². The molecule has 5 nitrogen and oxygen atoms in total. The highest BCUT2D eigenvalue weighted by Crippen LogP contribution is 2.12. The Labute approximate surface area is 119 Å². The lowest BCUT2D eigenvalue weighted by molar-refractivity contribution is 0.727. The summed E-state index contributed by atoms with van der Waals surface area (Å²) in [4.78, 5) is 15.0. The van der Waals surface area contributed by atoms with Crippen molar-refractivity contribution < 1.29 is 0 Å². The van der Waals surface area contributed by atoms with E-state index in [2.05, 4.69) is 26.8 Å². The Morgan fingerprint density at radius 3 is 2.35 bits per heavy atom. The highest BCUT2D eigenvalue weighted by Gasteiger charge is 2.08. The third-order valence-electron chi connectivity index (χ3n) is 3.04. The predicted molar refractivity (Wildman–Crippen MR) is 80.3 cm³/mol. The number of pyridine rings is 1. The Bertz CT molecular complexity index is 510. The van der Waals surface area contributed by atoms with E-state index in [1.807, 2.05) is 31.5 Å². The minimum absolute atomic E-state index is 0.128. The van der Waals surface area contributed by atoms with E-state index < -0.39 is 0 Å². The van der Waals surface area contributed by atoms with Gasteiger partial charge in [0.05, 0.1) is 0 Å². The summed E-state index contributed by atoms with van der Waals surface area (Å²) in [6.07, 6.45) is 8.13. The fraction of sp³-hybridized carbons (Fsp3) is 0.400. The van der Waals surface area contributed by atoms with Gasteiger partial charge in [-0.15, -0.1) is 0 Å². The average Bonchev–Trinajstić information content (AvgIpc) is 2.46. The van der Waals surface area contributed by atoms with Crippen LogP contribution < -0.4 is 10.6 Å². The van der Waals surface area contributed by atoms with E-state index in [0.717, 1.165) is 31.0 Å². The zero-order valence-corrected chi connectivity index (χ0v) is 12.0. The molecule has 0 aliphatic heterocycles. The van der Waals surface area contributed by atoms with Crippen molar-refractivity contribution in [3.05, 3.63) is 48.0 Å². The fourth-order valence-electron chi connectivity index (χ4n) is 2.02. The standard InChI is InChI=1S/C15H21N5/c1-3-20(11-13-4-6-17-7-5-13)15-18-9-14(10-19-15)8-12(2)16/h4-7,9-10,12H,3,8,11,16H2,1-2H3. The highest BCUT2D eigenvalue weighted by molar-refractivity contribution is 5.31. The van der Waals surface area contributed by atoms with Crippen LogP contribution in [-0.2, 0) is 13.0 Å². The molecule has 0 fully saturated rings. The number of nitrogens with two attached hydrogens (primary N) is 1. The van der Waals surface area contributed by atoms with Crippen molar-refractivity contribution in [2.24, 2.45) is 5.73 Å². The number of hydrogen-bond acceptors (Lipinski definition) is 5. The second kappa shape index (κ2) is 6.96. The summed E-state index contributed by atoms with van der Waals surface area (Å²) < 4.78 is 0. The normalized spacial score (nSPS) is 12.2. The van der Waals surface area contributed by atoms with Crippen LogP contribution in [0.5, 0.6) is 0 Å². The fourth-order valence-corrected chi connectivity index (χ4v) is 2.02. The molecule has 2 aromatic heterocycles. The van der Waals surface area contributed by atoms with Crippen molar-refractivity contribution in [1.29, 1.82) is 0 Å². The summed E-state index contributed by atoms with van der Waals surface area (Å²) in [6, 6.07) is 4.14. The van der Waals surface area contributed by atoms with Gasteiger partial charge in [-0.25, -0.2) is 9.97 Å². The van der Waals surface area contributed by atoms with Gasteiger partial charge in [-0.3, -0.25) is 4.98 Å². The zero-order valence-electron chi connectivity index (χ0n) is 12.0. The summed E-state index contributed by atoms with van der Waals surface area (Å²) in [7, 11) is 0. The Morgan fingerprint density at radius 2 is 1.80 bits per heavy atom. The second-order valence-corrected chi connectivity index (χ2v) is 4.94. The van der Waals surface area contributed by atoms with E-state index in [4.69, 9.17) is 5.73 Å². The first-order chi connectivity index (χ1) is 9.69. The van der Waals surface area contributed by atoms with Crippen LogP contribution in [0.25, 0.3) is 0 Å². The maximum atomic E-state index is 5.78. The highest BCUT2D eigenvalue weighted by atomic mass is 15.2. The first kappa shape index (κ1) is 14.4. The van der Waals surface area contributed by atoms with Gasteiger partial charge in [0.2, 0.25) is 5.95 Å². The summed E-state index contributed by atoms with van der Waals surface area (Å²) in [5.41, 5.74) is 8.05. The van der Waals surface area contributed by atoms with E-state index in [9.17, 15) is 0 Å². The molecule has 0 amide bonds. The van der Waals surface area contributed by atoms with Crippen molar-refractivity contribution >= 4 is 5.95 Å². The minimum Gasteiger partial charge on any atom is -0.337 e. The van der Waals surface area contributed by atoms with Crippen LogP contribution in [0.4, 0.5) is 5.95 Å². The van der Waals surface area contributed by atoms with E-state index in [1.165, 1.54) is 5.56 Å². The zero-order chi connectivity index (χ0) is 14.4. The SMILES string of the molecule is CCN(Cc1ccncc1)c1ncc(CC(C)N)cn1. The average molecular weight is 271 g/mol. The molecule has 0 aliphatic carbocycles. The van der Waals surface area contributed by atoms with Gasteiger partial charge in [0, 0.05) is 43.9 Å². The van der Waals surface area contributed by atoms with Crippen LogP contribution >= 0.6 is 0 Å². The number of rotatable bonds is 6. The van der Waals surface area contributed by atoms with E-state index in [-0.39, 0.29) is 6.04 Å². The van der Waals surface area contributed by atoms with E-state index in [0.29, 0.717) is 0 Å². The van der Waals surface area contributed by atoms with Crippen LogP contribution in [-0.4, -0.2) is 27.5 Å². The van der Waals surface area contributed by atoms with Crippen molar-refractivity contribution in [3.8, 4) is 0 Å². The quantitative estimate of drug-likeness (QED) is 0.867. The Kier molecular flexibility index (Phi) is 5.01. The molecule has 2 N–H and O–H groups in total. The molecule has 0 aromatic carbocycles. The van der Waals surface area contributed by atoms with Crippen molar-refractivity contribution in [2.45, 2.75) is 32.9 Å². The van der Waals surface area contributed by atoms with Crippen molar-refractivity contribution in [3.63, 3.8) is 0 Å². The van der Waals surface area contributed by atoms with Crippen LogP contribution in [0.2, 0.25) is 0 Å². The van der Waals surface area contributed by atoms with E-state index >= 15 is 0 Å². The molecular formula is C15H21N5. The number of aromatic nitrogens is 3. The topological polar surface area (TPSA) is 67.9 Å². The molecule has 0 bridgehead atoms. The molecule has 0 saturated heterocycles. The van der Waals surface area contributed by atoms with Gasteiger partial charge in [-0.2, -0.15) is 0 Å². The van der Waals surface area contributed by atoms with Crippen LogP contribution in [0.3, 0.4) is 0 Å². The lowest BCUT2D eigenvalue weighted by atomic mass is 10.1. The lowest BCUT2D eigenvalue weighted by Crippen LogP contribution is -2.24. The second-order valence-electron chi connectivity index (χ2n) is 4.94. The lowest BCUT2D eigenvalue weighted by Gasteiger charge is -2.20. The predicted octanol–water partition coefficient (Wildman–Crippen LogP) is 1.79. The maximum Gasteiger partial charge on any atom is 0.225 e. The molecular weight excluding hydrogens is 250 g/mol. The monoisotopic (exact) mass is 271 g/mol. The van der Waals surface area contributed by atoms with Crippen LogP contribution in [0.1, 0.15) is 25.0 Å². The molecule has 106 valence electrons. The largest absolute Gasteiger partial charge is 0.337 e. The molecule has 2 heterocycles. The van der Waals surface area contributed by atoms with Crippen molar-refractivity contribution in [1.82, 2.24) is 15.0 Å². The molecule has 1 atom stereocenters. The summed E-state index contributed by atoms with van der Waals surface area (Å²) in [6.45, 7) is 5.72. The Balaban J connectivity index is 2.07. The van der Waals surface area contributed by atoms with Gasteiger partial charge >= 0.3 is 0 Å². The van der Waals surface area contributed by atoms with Gasteiger partial charge in [0.1, 0.15) is 0 Å². The Hall–Kier alpha value is -2.01. The van der Waals surface area contributed by atoms with Crippen LogP contribution in [0, 0.1) is 0 Å². The molecule has 20 heavy (non-hydrogen) atoms. The third-order valence-corrected chi connectivity index (χ3v) is 3.04. The first-order valence-corrected chi connectivity index (χ1v) is 6.89. The molecule has 0 radical (unpaired) electrons. The van der Waals surface area contributed by atoms with Gasteiger partial charge in [0.25, 0.3) is 0 Å². The number of anilines is 1. The minimum atomic E-state index is 0.128. The summed E-state index contributed by atoms with van der Waals surface area (Å²) in [5.74, 6) is 0.748. The maximum absolute atomic E-state index is 5.78. The summed E-state index contributed by atoms with van der Waals surface area (Å²) in [5, 5.41) is 0. The Morgan fingerprint density at radius 1 is 1.15 bits per heavy atom. The molecule has 0 spiro atoms. The molecule has 0 aliphatic rings. The third kappa shape index (κ3) is 3.99. The van der Waals surface area contributed by atoms with Crippen LogP contribution in [0.15, 0.2) is 36.9 Å². The molecule has 1 unspecified atom stereocenters. The molecule has 5 heteroatoms. The van der Waals surface area contributed by atoms with Gasteiger partial charge in [-0.05, 0) is 43.5 Å². The van der Waals surface area contributed by atoms with E-state index in [1.54, 1.807) is 12.4 Å².